The van der Waals surface area contributed by atoms with Crippen molar-refractivity contribution in [2.24, 2.45) is 5.73 Å². The van der Waals surface area contributed by atoms with Crippen molar-refractivity contribution < 1.29 is 4.79 Å². The summed E-state index contributed by atoms with van der Waals surface area (Å²) in [5.41, 5.74) is 8.12. The minimum absolute atomic E-state index is 0.0253. The standard InChI is InChI=1S/C14H16N4O/c15-11-6-7-18(9-11)14(19)13-8-12(16-17-13)10-4-2-1-3-5-10/h1-5,8,11H,6-7,9,15H2,(H,16,17)/t11-/m1/s1. The number of amides is 1. The molecule has 19 heavy (non-hydrogen) atoms. The lowest BCUT2D eigenvalue weighted by Crippen LogP contribution is -2.32. The van der Waals surface area contributed by atoms with Crippen LogP contribution in [0.3, 0.4) is 0 Å². The first-order valence-corrected chi connectivity index (χ1v) is 6.40. The number of H-pyrrole nitrogens is 1. The molecule has 0 aliphatic carbocycles. The molecule has 1 atom stereocenters. The van der Waals surface area contributed by atoms with Crippen LogP contribution in [0.2, 0.25) is 0 Å². The first-order valence-electron chi connectivity index (χ1n) is 6.40. The third-order valence-electron chi connectivity index (χ3n) is 3.39. The Morgan fingerprint density at radius 2 is 2.16 bits per heavy atom. The van der Waals surface area contributed by atoms with E-state index in [0.29, 0.717) is 12.2 Å². The molecule has 0 bridgehead atoms. The maximum Gasteiger partial charge on any atom is 0.271 e. The Labute approximate surface area is 111 Å². The fourth-order valence-corrected chi connectivity index (χ4v) is 2.33. The zero-order chi connectivity index (χ0) is 13.2. The summed E-state index contributed by atoms with van der Waals surface area (Å²) in [6.45, 7) is 1.35. The van der Waals surface area contributed by atoms with Gasteiger partial charge in [0.1, 0.15) is 5.69 Å². The molecule has 1 aliphatic rings. The molecule has 2 heterocycles. The van der Waals surface area contributed by atoms with E-state index in [0.717, 1.165) is 24.2 Å². The lowest BCUT2D eigenvalue weighted by molar-refractivity contribution is 0.0785. The van der Waals surface area contributed by atoms with Crippen LogP contribution in [0.1, 0.15) is 16.9 Å². The number of aromatic nitrogens is 2. The highest BCUT2D eigenvalue weighted by molar-refractivity contribution is 5.93. The molecule has 1 aromatic carbocycles. The van der Waals surface area contributed by atoms with Crippen LogP contribution in [0.25, 0.3) is 11.3 Å². The van der Waals surface area contributed by atoms with Crippen LogP contribution < -0.4 is 5.73 Å². The summed E-state index contributed by atoms with van der Waals surface area (Å²) in [5.74, 6) is -0.0253. The molecular weight excluding hydrogens is 240 g/mol. The van der Waals surface area contributed by atoms with Crippen molar-refractivity contribution in [1.82, 2.24) is 15.1 Å². The van der Waals surface area contributed by atoms with Crippen molar-refractivity contribution in [2.75, 3.05) is 13.1 Å². The lowest BCUT2D eigenvalue weighted by Gasteiger charge is -2.13. The summed E-state index contributed by atoms with van der Waals surface area (Å²) in [5, 5.41) is 7.01. The van der Waals surface area contributed by atoms with Crippen molar-refractivity contribution in [1.29, 1.82) is 0 Å². The second-order valence-electron chi connectivity index (χ2n) is 4.83. The number of hydrogen-bond donors (Lipinski definition) is 2. The van der Waals surface area contributed by atoms with E-state index in [1.807, 2.05) is 30.3 Å². The number of hydrogen-bond acceptors (Lipinski definition) is 3. The summed E-state index contributed by atoms with van der Waals surface area (Å²) < 4.78 is 0. The molecular formula is C14H16N4O. The Morgan fingerprint density at radius 3 is 2.84 bits per heavy atom. The number of nitrogens with two attached hydrogens (primary N) is 1. The number of carbonyl (C=O) groups is 1. The summed E-state index contributed by atoms with van der Waals surface area (Å²) in [6.07, 6.45) is 0.866. The van der Waals surface area contributed by atoms with Gasteiger partial charge in [0.15, 0.2) is 0 Å². The third-order valence-corrected chi connectivity index (χ3v) is 3.39. The number of nitrogens with one attached hydrogen (secondary N) is 1. The largest absolute Gasteiger partial charge is 0.336 e. The molecule has 1 fully saturated rings. The summed E-state index contributed by atoms with van der Waals surface area (Å²) in [7, 11) is 0. The normalized spacial score (nSPS) is 18.8. The fourth-order valence-electron chi connectivity index (χ4n) is 2.33. The Morgan fingerprint density at radius 1 is 1.37 bits per heavy atom. The van der Waals surface area contributed by atoms with Crippen LogP contribution in [0.15, 0.2) is 36.4 Å². The maximum atomic E-state index is 12.2. The predicted octanol–water partition coefficient (Wildman–Crippen LogP) is 1.25. The van der Waals surface area contributed by atoms with Crippen molar-refractivity contribution in [3.8, 4) is 11.3 Å². The number of carbonyl (C=O) groups excluding carboxylic acids is 1. The van der Waals surface area contributed by atoms with Gasteiger partial charge in [-0.05, 0) is 12.5 Å². The molecule has 3 N–H and O–H groups in total. The highest BCUT2D eigenvalue weighted by Gasteiger charge is 2.25. The van der Waals surface area contributed by atoms with Gasteiger partial charge >= 0.3 is 0 Å². The monoisotopic (exact) mass is 256 g/mol. The van der Waals surface area contributed by atoms with Gasteiger partial charge in [-0.25, -0.2) is 0 Å². The van der Waals surface area contributed by atoms with Gasteiger partial charge in [0, 0.05) is 24.7 Å². The number of aromatic amines is 1. The number of nitrogens with zero attached hydrogens (tertiary/aromatic N) is 2. The van der Waals surface area contributed by atoms with Crippen LogP contribution in [0.5, 0.6) is 0 Å². The fraction of sp³-hybridized carbons (Fsp3) is 0.286. The minimum Gasteiger partial charge on any atom is -0.336 e. The van der Waals surface area contributed by atoms with E-state index in [1.165, 1.54) is 0 Å². The van der Waals surface area contributed by atoms with E-state index < -0.39 is 0 Å². The zero-order valence-corrected chi connectivity index (χ0v) is 10.5. The average molecular weight is 256 g/mol. The Bertz CT molecular complexity index is 578. The van der Waals surface area contributed by atoms with Gasteiger partial charge in [-0.2, -0.15) is 5.10 Å². The van der Waals surface area contributed by atoms with Crippen molar-refractivity contribution in [2.45, 2.75) is 12.5 Å². The molecule has 1 amide bonds. The van der Waals surface area contributed by atoms with Gasteiger partial charge in [0.25, 0.3) is 5.91 Å². The van der Waals surface area contributed by atoms with Crippen LogP contribution in [0.4, 0.5) is 0 Å². The molecule has 98 valence electrons. The summed E-state index contributed by atoms with van der Waals surface area (Å²) in [4.78, 5) is 14.0. The van der Waals surface area contributed by atoms with Gasteiger partial charge in [0.05, 0.1) is 5.69 Å². The van der Waals surface area contributed by atoms with Crippen LogP contribution in [-0.2, 0) is 0 Å². The second kappa shape index (κ2) is 4.85. The minimum atomic E-state index is -0.0253. The van der Waals surface area contributed by atoms with Gasteiger partial charge in [-0.3, -0.25) is 9.89 Å². The quantitative estimate of drug-likeness (QED) is 0.849. The first kappa shape index (κ1) is 11.9. The summed E-state index contributed by atoms with van der Waals surface area (Å²) in [6, 6.07) is 11.7. The SMILES string of the molecule is N[C@@H]1CCN(C(=O)c2cc(-c3ccccc3)n[nH]2)C1. The molecule has 0 unspecified atom stereocenters. The van der Waals surface area contributed by atoms with Crippen molar-refractivity contribution in [3.05, 3.63) is 42.1 Å². The Balaban J connectivity index is 1.80. The molecule has 2 aromatic rings. The van der Waals surface area contributed by atoms with E-state index in [9.17, 15) is 4.79 Å². The average Bonchev–Trinajstić information content (AvgIpc) is 3.08. The van der Waals surface area contributed by atoms with Gasteiger partial charge in [-0.1, -0.05) is 30.3 Å². The number of likely N-dealkylation sites (tertiary alicyclic amines) is 1. The van der Waals surface area contributed by atoms with Crippen LogP contribution in [0, 0.1) is 0 Å². The second-order valence-corrected chi connectivity index (χ2v) is 4.83. The molecule has 0 radical (unpaired) electrons. The Hall–Kier alpha value is -2.14. The van der Waals surface area contributed by atoms with Crippen molar-refractivity contribution >= 4 is 5.91 Å². The van der Waals surface area contributed by atoms with Gasteiger partial charge in [-0.15, -0.1) is 0 Å². The molecule has 5 nitrogen and oxygen atoms in total. The first-order chi connectivity index (χ1) is 9.24. The van der Waals surface area contributed by atoms with Crippen LogP contribution >= 0.6 is 0 Å². The number of rotatable bonds is 2. The highest BCUT2D eigenvalue weighted by atomic mass is 16.2. The Kier molecular flexibility index (Phi) is 3.05. The number of benzene rings is 1. The van der Waals surface area contributed by atoms with Crippen LogP contribution in [-0.4, -0.2) is 40.1 Å². The highest BCUT2D eigenvalue weighted by Crippen LogP contribution is 2.18. The molecule has 0 spiro atoms. The third kappa shape index (κ3) is 2.37. The lowest BCUT2D eigenvalue weighted by atomic mass is 10.1. The van der Waals surface area contributed by atoms with E-state index in [2.05, 4.69) is 10.2 Å². The molecule has 1 aromatic heterocycles. The predicted molar refractivity (Wildman–Crippen MR) is 72.5 cm³/mol. The smallest absolute Gasteiger partial charge is 0.271 e. The molecule has 5 heteroatoms. The van der Waals surface area contributed by atoms with E-state index >= 15 is 0 Å². The van der Waals surface area contributed by atoms with E-state index in [4.69, 9.17) is 5.73 Å². The molecule has 1 aliphatic heterocycles. The molecule has 3 rings (SSSR count). The molecule has 1 saturated heterocycles. The van der Waals surface area contributed by atoms with Crippen molar-refractivity contribution in [3.63, 3.8) is 0 Å². The topological polar surface area (TPSA) is 75.0 Å². The molecule has 0 saturated carbocycles. The maximum absolute atomic E-state index is 12.2. The van der Waals surface area contributed by atoms with E-state index in [1.54, 1.807) is 11.0 Å². The van der Waals surface area contributed by atoms with Gasteiger partial charge in [0.2, 0.25) is 0 Å². The van der Waals surface area contributed by atoms with Gasteiger partial charge < -0.3 is 10.6 Å². The summed E-state index contributed by atoms with van der Waals surface area (Å²) >= 11 is 0. The van der Waals surface area contributed by atoms with E-state index in [-0.39, 0.29) is 11.9 Å². The zero-order valence-electron chi connectivity index (χ0n) is 10.5.